The first kappa shape index (κ1) is 16.2. The van der Waals surface area contributed by atoms with Gasteiger partial charge in [-0.2, -0.15) is 0 Å². The Kier molecular flexibility index (Phi) is 6.73. The lowest BCUT2D eigenvalue weighted by Crippen LogP contribution is -2.43. The summed E-state index contributed by atoms with van der Waals surface area (Å²) in [4.78, 5) is 23.1. The minimum absolute atomic E-state index is 0.0983. The molecule has 0 aliphatic carbocycles. The molecule has 4 N–H and O–H groups in total. The minimum Gasteiger partial charge on any atom is -0.480 e. The summed E-state index contributed by atoms with van der Waals surface area (Å²) in [5.74, 6) is -1.19. The van der Waals surface area contributed by atoms with E-state index in [1.807, 2.05) is 37.3 Å². The molecule has 0 radical (unpaired) electrons. The molecule has 0 aliphatic rings. The normalized spacial score (nSPS) is 13.5. The highest BCUT2D eigenvalue weighted by Crippen LogP contribution is 2.08. The van der Waals surface area contributed by atoms with E-state index in [9.17, 15) is 14.7 Å². The second-order valence-electron chi connectivity index (χ2n) is 4.86. The zero-order valence-corrected chi connectivity index (χ0v) is 11.7. The van der Waals surface area contributed by atoms with Gasteiger partial charge in [0.2, 0.25) is 5.91 Å². The molecule has 0 saturated carbocycles. The van der Waals surface area contributed by atoms with Gasteiger partial charge in [0.15, 0.2) is 0 Å². The van der Waals surface area contributed by atoms with Crippen LogP contribution in [0.5, 0.6) is 0 Å². The summed E-state index contributed by atoms with van der Waals surface area (Å²) in [5, 5.41) is 11.8. The number of carboxylic acid groups (broad SMARTS) is 1. The minimum atomic E-state index is -1.02. The average molecular weight is 278 g/mol. The molecular formula is C15H22N2O3. The summed E-state index contributed by atoms with van der Waals surface area (Å²) in [6.07, 6.45) is 1.35. The standard InChI is InChI=1S/C15H22N2O3/c1-2-11(10-16)9-14(18)17-13(15(19)20)8-12-6-4-3-5-7-12/h3-7,11,13H,2,8-10,16H2,1H3,(H,17,18)(H,19,20)/t11?,13-/m0/s1. The smallest absolute Gasteiger partial charge is 0.326 e. The third-order valence-corrected chi connectivity index (χ3v) is 3.30. The van der Waals surface area contributed by atoms with E-state index in [0.29, 0.717) is 6.54 Å². The van der Waals surface area contributed by atoms with Crippen molar-refractivity contribution in [2.45, 2.75) is 32.2 Å². The molecule has 20 heavy (non-hydrogen) atoms. The zero-order valence-electron chi connectivity index (χ0n) is 11.7. The number of nitrogens with one attached hydrogen (secondary N) is 1. The molecule has 0 spiro atoms. The van der Waals surface area contributed by atoms with Crippen molar-refractivity contribution in [3.05, 3.63) is 35.9 Å². The van der Waals surface area contributed by atoms with Crippen molar-refractivity contribution in [3.8, 4) is 0 Å². The van der Waals surface area contributed by atoms with Crippen LogP contribution in [0.2, 0.25) is 0 Å². The van der Waals surface area contributed by atoms with Crippen LogP contribution in [0.3, 0.4) is 0 Å². The van der Waals surface area contributed by atoms with Gasteiger partial charge in [0, 0.05) is 12.8 Å². The van der Waals surface area contributed by atoms with Gasteiger partial charge < -0.3 is 16.2 Å². The molecule has 5 nitrogen and oxygen atoms in total. The molecular weight excluding hydrogens is 256 g/mol. The highest BCUT2D eigenvalue weighted by atomic mass is 16.4. The number of amides is 1. The lowest BCUT2D eigenvalue weighted by molar-refractivity contribution is -0.141. The molecule has 1 unspecified atom stereocenters. The van der Waals surface area contributed by atoms with Crippen LogP contribution in [0.15, 0.2) is 30.3 Å². The van der Waals surface area contributed by atoms with E-state index in [0.717, 1.165) is 12.0 Å². The fourth-order valence-electron chi connectivity index (χ4n) is 1.96. The number of nitrogens with two attached hydrogens (primary N) is 1. The van der Waals surface area contributed by atoms with E-state index in [1.165, 1.54) is 0 Å². The predicted octanol–water partition coefficient (Wildman–Crippen LogP) is 1.17. The Morgan fingerprint density at radius 2 is 1.95 bits per heavy atom. The van der Waals surface area contributed by atoms with Gasteiger partial charge in [-0.05, 0) is 18.0 Å². The first-order valence-electron chi connectivity index (χ1n) is 6.83. The van der Waals surface area contributed by atoms with Crippen LogP contribution >= 0.6 is 0 Å². The molecule has 1 aromatic rings. The second kappa shape index (κ2) is 8.32. The van der Waals surface area contributed by atoms with Gasteiger partial charge in [0.1, 0.15) is 6.04 Å². The number of carbonyl (C=O) groups is 2. The largest absolute Gasteiger partial charge is 0.480 e. The molecule has 0 saturated heterocycles. The third-order valence-electron chi connectivity index (χ3n) is 3.30. The van der Waals surface area contributed by atoms with Crippen LogP contribution in [-0.4, -0.2) is 29.6 Å². The molecule has 1 amide bonds. The Morgan fingerprint density at radius 1 is 1.30 bits per heavy atom. The Labute approximate surface area is 119 Å². The molecule has 110 valence electrons. The summed E-state index contributed by atoms with van der Waals surface area (Å²) in [7, 11) is 0. The van der Waals surface area contributed by atoms with Gasteiger partial charge >= 0.3 is 5.97 Å². The zero-order chi connectivity index (χ0) is 15.0. The van der Waals surface area contributed by atoms with E-state index in [-0.39, 0.29) is 24.7 Å². The van der Waals surface area contributed by atoms with Crippen LogP contribution in [-0.2, 0) is 16.0 Å². The number of benzene rings is 1. The van der Waals surface area contributed by atoms with Crippen molar-refractivity contribution in [2.75, 3.05) is 6.54 Å². The Morgan fingerprint density at radius 3 is 2.45 bits per heavy atom. The van der Waals surface area contributed by atoms with Crippen molar-refractivity contribution in [1.82, 2.24) is 5.32 Å². The van der Waals surface area contributed by atoms with Crippen molar-refractivity contribution in [3.63, 3.8) is 0 Å². The molecule has 0 aliphatic heterocycles. The van der Waals surface area contributed by atoms with Gasteiger partial charge in [-0.25, -0.2) is 4.79 Å². The summed E-state index contributed by atoms with van der Waals surface area (Å²) in [5.41, 5.74) is 6.43. The molecule has 1 rings (SSSR count). The third kappa shape index (κ3) is 5.40. The summed E-state index contributed by atoms with van der Waals surface area (Å²) in [6, 6.07) is 8.34. The van der Waals surface area contributed by atoms with Gasteiger partial charge in [-0.1, -0.05) is 43.7 Å². The van der Waals surface area contributed by atoms with Crippen molar-refractivity contribution >= 4 is 11.9 Å². The van der Waals surface area contributed by atoms with E-state index in [1.54, 1.807) is 0 Å². The predicted molar refractivity (Wildman–Crippen MR) is 77.2 cm³/mol. The first-order chi connectivity index (χ1) is 9.56. The second-order valence-corrected chi connectivity index (χ2v) is 4.86. The van der Waals surface area contributed by atoms with E-state index in [2.05, 4.69) is 5.32 Å². The number of hydrogen-bond acceptors (Lipinski definition) is 3. The fraction of sp³-hybridized carbons (Fsp3) is 0.467. The van der Waals surface area contributed by atoms with Crippen LogP contribution in [0.1, 0.15) is 25.3 Å². The molecule has 0 bridgehead atoms. The molecule has 0 heterocycles. The van der Waals surface area contributed by atoms with E-state index in [4.69, 9.17) is 5.73 Å². The van der Waals surface area contributed by atoms with Crippen LogP contribution < -0.4 is 11.1 Å². The van der Waals surface area contributed by atoms with E-state index < -0.39 is 12.0 Å². The van der Waals surface area contributed by atoms with Crippen LogP contribution in [0.25, 0.3) is 0 Å². The monoisotopic (exact) mass is 278 g/mol. The highest BCUT2D eigenvalue weighted by molar-refractivity contribution is 5.83. The Hall–Kier alpha value is -1.88. The highest BCUT2D eigenvalue weighted by Gasteiger charge is 2.21. The average Bonchev–Trinajstić information content (AvgIpc) is 2.45. The maximum atomic E-state index is 11.8. The SMILES string of the molecule is CCC(CN)CC(=O)N[C@@H](Cc1ccccc1)C(=O)O. The lowest BCUT2D eigenvalue weighted by atomic mass is 10.0. The maximum absolute atomic E-state index is 11.8. The van der Waals surface area contributed by atoms with Gasteiger partial charge in [0.25, 0.3) is 0 Å². The molecule has 0 fully saturated rings. The number of hydrogen-bond donors (Lipinski definition) is 3. The number of aliphatic carboxylic acids is 1. The van der Waals surface area contributed by atoms with Crippen molar-refractivity contribution in [1.29, 1.82) is 0 Å². The topological polar surface area (TPSA) is 92.4 Å². The summed E-state index contributed by atoms with van der Waals surface area (Å²) >= 11 is 0. The molecule has 5 heteroatoms. The number of rotatable bonds is 8. The maximum Gasteiger partial charge on any atom is 0.326 e. The Bertz CT molecular complexity index is 430. The number of carbonyl (C=O) groups excluding carboxylic acids is 1. The molecule has 0 aromatic heterocycles. The quantitative estimate of drug-likeness (QED) is 0.665. The van der Waals surface area contributed by atoms with Crippen molar-refractivity contribution < 1.29 is 14.7 Å². The summed E-state index contributed by atoms with van der Waals surface area (Å²) in [6.45, 7) is 2.39. The van der Waals surface area contributed by atoms with Crippen LogP contribution in [0, 0.1) is 5.92 Å². The number of carboxylic acids is 1. The molecule has 2 atom stereocenters. The lowest BCUT2D eigenvalue weighted by Gasteiger charge is -2.17. The summed E-state index contributed by atoms with van der Waals surface area (Å²) < 4.78 is 0. The fourth-order valence-corrected chi connectivity index (χ4v) is 1.96. The van der Waals surface area contributed by atoms with Gasteiger partial charge in [0.05, 0.1) is 0 Å². The van der Waals surface area contributed by atoms with E-state index >= 15 is 0 Å². The van der Waals surface area contributed by atoms with Crippen molar-refractivity contribution in [2.24, 2.45) is 11.7 Å². The Balaban J connectivity index is 2.59. The van der Waals surface area contributed by atoms with Crippen LogP contribution in [0.4, 0.5) is 0 Å². The first-order valence-corrected chi connectivity index (χ1v) is 6.83. The molecule has 1 aromatic carbocycles. The van der Waals surface area contributed by atoms with Gasteiger partial charge in [-0.3, -0.25) is 4.79 Å². The van der Waals surface area contributed by atoms with Gasteiger partial charge in [-0.15, -0.1) is 0 Å².